The fourth-order valence-electron chi connectivity index (χ4n) is 4.35. The van der Waals surface area contributed by atoms with E-state index in [4.69, 9.17) is 0 Å². The summed E-state index contributed by atoms with van der Waals surface area (Å²) < 4.78 is 41.0. The zero-order valence-electron chi connectivity index (χ0n) is 13.3. The summed E-state index contributed by atoms with van der Waals surface area (Å²) in [5.41, 5.74) is 0.841. The second-order valence-corrected chi connectivity index (χ2v) is 6.98. The van der Waals surface area contributed by atoms with Gasteiger partial charge in [-0.2, -0.15) is 13.2 Å². The molecule has 4 nitrogen and oxygen atoms in total. The predicted octanol–water partition coefficient (Wildman–Crippen LogP) is 3.33. The third kappa shape index (κ3) is 2.46. The van der Waals surface area contributed by atoms with Crippen LogP contribution in [0.2, 0.25) is 0 Å². The Hall–Kier alpha value is -2.05. The third-order valence-electron chi connectivity index (χ3n) is 5.51. The first-order valence-corrected chi connectivity index (χ1v) is 8.11. The molecule has 24 heavy (non-hydrogen) atoms. The smallest absolute Gasteiger partial charge is 0.342 e. The molecule has 1 aliphatic carbocycles. The van der Waals surface area contributed by atoms with Gasteiger partial charge in [-0.05, 0) is 42.2 Å². The Kier molecular flexibility index (Phi) is 3.37. The second kappa shape index (κ2) is 5.22. The number of nitrogens with zero attached hydrogens (tertiary/aromatic N) is 3. The lowest BCUT2D eigenvalue weighted by Crippen LogP contribution is -2.27. The summed E-state index contributed by atoms with van der Waals surface area (Å²) in [7, 11) is 0. The number of halogens is 3. The molecular weight excluding hydrogens is 319 g/mol. The van der Waals surface area contributed by atoms with Crippen LogP contribution in [0, 0.1) is 11.8 Å². The average Bonchev–Trinajstić information content (AvgIpc) is 3.18. The van der Waals surface area contributed by atoms with Crippen molar-refractivity contribution >= 4 is 11.4 Å². The zero-order valence-corrected chi connectivity index (χ0v) is 13.3. The van der Waals surface area contributed by atoms with E-state index in [-0.39, 0.29) is 11.8 Å². The summed E-state index contributed by atoms with van der Waals surface area (Å²) in [6, 6.07) is 1.28. The number of carbonyl (C=O) groups is 1. The minimum Gasteiger partial charge on any atom is -0.342 e. The molecule has 0 aromatic carbocycles. The Bertz CT molecular complexity index is 784. The standard InChI is InChI=1S/C17H18F3N3O/c1-10(24)22-6-12-2-11(3-13(12)7-22)15-4-14(17(18,19)20)8-23-9-21-5-16(15)23/h4-5,8-9,11-13H,2-3,6-7H2,1H3/t11-,12+,13-. The molecule has 0 N–H and O–H groups in total. The maximum absolute atomic E-state index is 13.2. The number of imidazole rings is 1. The quantitative estimate of drug-likeness (QED) is 0.800. The summed E-state index contributed by atoms with van der Waals surface area (Å²) in [5.74, 6) is 0.946. The average molecular weight is 337 g/mol. The minimum atomic E-state index is -4.37. The Labute approximate surface area is 137 Å². The van der Waals surface area contributed by atoms with Gasteiger partial charge in [0.15, 0.2) is 0 Å². The number of rotatable bonds is 1. The van der Waals surface area contributed by atoms with Gasteiger partial charge >= 0.3 is 6.18 Å². The number of hydrogen-bond acceptors (Lipinski definition) is 2. The highest BCUT2D eigenvalue weighted by Gasteiger charge is 2.43. The fraction of sp³-hybridized carbons (Fsp3) is 0.529. The van der Waals surface area contributed by atoms with Gasteiger partial charge in [0.05, 0.1) is 23.6 Å². The number of fused-ring (bicyclic) bond motifs is 2. The van der Waals surface area contributed by atoms with Crippen molar-refractivity contribution in [2.45, 2.75) is 31.9 Å². The molecule has 1 aliphatic heterocycles. The van der Waals surface area contributed by atoms with Gasteiger partial charge in [0.2, 0.25) is 5.91 Å². The van der Waals surface area contributed by atoms with Crippen molar-refractivity contribution in [2.75, 3.05) is 13.1 Å². The van der Waals surface area contributed by atoms with E-state index in [1.165, 1.54) is 16.8 Å². The molecule has 128 valence electrons. The number of amides is 1. The van der Waals surface area contributed by atoms with Gasteiger partial charge in [0, 0.05) is 26.2 Å². The lowest BCUT2D eigenvalue weighted by molar-refractivity contribution is -0.138. The van der Waals surface area contributed by atoms with Crippen LogP contribution in [-0.4, -0.2) is 33.3 Å². The molecule has 0 bridgehead atoms. The number of alkyl halides is 3. The zero-order chi connectivity index (χ0) is 17.1. The van der Waals surface area contributed by atoms with E-state index in [0.29, 0.717) is 11.8 Å². The predicted molar refractivity (Wildman–Crippen MR) is 81.4 cm³/mol. The summed E-state index contributed by atoms with van der Waals surface area (Å²) in [4.78, 5) is 17.4. The molecule has 0 unspecified atom stereocenters. The second-order valence-electron chi connectivity index (χ2n) is 6.98. The number of likely N-dealkylation sites (tertiary alicyclic amines) is 1. The molecule has 4 rings (SSSR count). The van der Waals surface area contributed by atoms with E-state index in [1.807, 2.05) is 4.90 Å². The molecule has 2 aromatic rings. The van der Waals surface area contributed by atoms with E-state index in [1.54, 1.807) is 13.1 Å². The lowest BCUT2D eigenvalue weighted by Gasteiger charge is -2.19. The van der Waals surface area contributed by atoms with Crippen molar-refractivity contribution in [1.82, 2.24) is 14.3 Å². The third-order valence-corrected chi connectivity index (χ3v) is 5.51. The van der Waals surface area contributed by atoms with Crippen molar-refractivity contribution in [3.63, 3.8) is 0 Å². The van der Waals surface area contributed by atoms with E-state index in [0.717, 1.165) is 43.2 Å². The molecule has 1 saturated carbocycles. The Morgan fingerprint density at radius 1 is 1.25 bits per heavy atom. The molecule has 1 saturated heterocycles. The summed E-state index contributed by atoms with van der Waals surface area (Å²) in [6.45, 7) is 3.02. The van der Waals surface area contributed by atoms with Gasteiger partial charge in [0.25, 0.3) is 0 Å². The van der Waals surface area contributed by atoms with Gasteiger partial charge in [-0.3, -0.25) is 4.79 Å². The Morgan fingerprint density at radius 3 is 2.50 bits per heavy atom. The number of aromatic nitrogens is 2. The van der Waals surface area contributed by atoms with Crippen molar-refractivity contribution in [3.8, 4) is 0 Å². The maximum Gasteiger partial charge on any atom is 0.417 e. The van der Waals surface area contributed by atoms with Crippen LogP contribution in [0.1, 0.15) is 36.8 Å². The van der Waals surface area contributed by atoms with Crippen LogP contribution in [0.3, 0.4) is 0 Å². The summed E-state index contributed by atoms with van der Waals surface area (Å²) in [6.07, 6.45) is 1.44. The van der Waals surface area contributed by atoms with Gasteiger partial charge in [0.1, 0.15) is 0 Å². The first kappa shape index (κ1) is 15.5. The molecule has 1 amide bonds. The van der Waals surface area contributed by atoms with Crippen molar-refractivity contribution < 1.29 is 18.0 Å². The molecule has 2 aromatic heterocycles. The molecule has 0 radical (unpaired) electrons. The van der Waals surface area contributed by atoms with E-state index in [9.17, 15) is 18.0 Å². The molecule has 3 heterocycles. The van der Waals surface area contributed by atoms with Crippen molar-refractivity contribution in [3.05, 3.63) is 35.9 Å². The normalized spacial score (nSPS) is 27.0. The summed E-state index contributed by atoms with van der Waals surface area (Å²) in [5, 5.41) is 0. The number of carbonyl (C=O) groups excluding carboxylic acids is 1. The van der Waals surface area contributed by atoms with Crippen molar-refractivity contribution in [1.29, 1.82) is 0 Å². The van der Waals surface area contributed by atoms with Crippen LogP contribution in [0.25, 0.3) is 5.52 Å². The highest BCUT2D eigenvalue weighted by atomic mass is 19.4. The number of hydrogen-bond donors (Lipinski definition) is 0. The van der Waals surface area contributed by atoms with Crippen LogP contribution in [0.4, 0.5) is 13.2 Å². The van der Waals surface area contributed by atoms with Crippen LogP contribution in [0.5, 0.6) is 0 Å². The van der Waals surface area contributed by atoms with Crippen LogP contribution in [0.15, 0.2) is 24.8 Å². The highest BCUT2D eigenvalue weighted by molar-refractivity contribution is 5.73. The van der Waals surface area contributed by atoms with Crippen LogP contribution >= 0.6 is 0 Å². The Morgan fingerprint density at radius 2 is 1.92 bits per heavy atom. The molecule has 7 heteroatoms. The minimum absolute atomic E-state index is 0.0817. The first-order chi connectivity index (χ1) is 11.3. The van der Waals surface area contributed by atoms with Crippen molar-refractivity contribution in [2.24, 2.45) is 11.8 Å². The van der Waals surface area contributed by atoms with Crippen LogP contribution in [-0.2, 0) is 11.0 Å². The summed E-state index contributed by atoms with van der Waals surface area (Å²) >= 11 is 0. The Balaban J connectivity index is 1.66. The van der Waals surface area contributed by atoms with Gasteiger partial charge in [-0.15, -0.1) is 0 Å². The topological polar surface area (TPSA) is 37.6 Å². The van der Waals surface area contributed by atoms with Gasteiger partial charge < -0.3 is 9.30 Å². The largest absolute Gasteiger partial charge is 0.417 e. The molecule has 0 spiro atoms. The van der Waals surface area contributed by atoms with E-state index in [2.05, 4.69) is 4.98 Å². The highest BCUT2D eigenvalue weighted by Crippen LogP contribution is 2.47. The SMILES string of the molecule is CC(=O)N1C[C@H]2C[C@H](c3cc(C(F)(F)F)cn4cncc34)C[C@H]2C1. The molecule has 3 atom stereocenters. The van der Waals surface area contributed by atoms with E-state index < -0.39 is 11.7 Å². The lowest BCUT2D eigenvalue weighted by atomic mass is 9.94. The number of pyridine rings is 1. The van der Waals surface area contributed by atoms with Gasteiger partial charge in [-0.1, -0.05) is 0 Å². The fourth-order valence-corrected chi connectivity index (χ4v) is 4.35. The van der Waals surface area contributed by atoms with Gasteiger partial charge in [-0.25, -0.2) is 4.98 Å². The monoisotopic (exact) mass is 337 g/mol. The molecule has 2 aliphatic rings. The van der Waals surface area contributed by atoms with Crippen LogP contribution < -0.4 is 0 Å². The first-order valence-electron chi connectivity index (χ1n) is 8.11. The maximum atomic E-state index is 13.2. The molecule has 2 fully saturated rings. The molecular formula is C17H18F3N3O. The van der Waals surface area contributed by atoms with E-state index >= 15 is 0 Å².